The van der Waals surface area contributed by atoms with E-state index in [9.17, 15) is 9.00 Å². The maximum absolute atomic E-state index is 12.0. The number of benzene rings is 2. The second-order valence-corrected chi connectivity index (χ2v) is 7.03. The van der Waals surface area contributed by atoms with Crippen molar-refractivity contribution in [1.29, 1.82) is 0 Å². The quantitative estimate of drug-likeness (QED) is 0.769. The average molecular weight is 330 g/mol. The fourth-order valence-electron chi connectivity index (χ4n) is 2.59. The molecular weight excluding hydrogens is 312 g/mol. The molecule has 0 aliphatic rings. The monoisotopic (exact) mass is 330 g/mol. The molecule has 0 aliphatic carbocycles. The zero-order valence-corrected chi connectivity index (χ0v) is 13.8. The first-order valence-electron chi connectivity index (χ1n) is 7.32. The summed E-state index contributed by atoms with van der Waals surface area (Å²) in [5.41, 5.74) is 2.20. The Bertz CT molecular complexity index is 888. The van der Waals surface area contributed by atoms with Crippen molar-refractivity contribution in [3.8, 4) is 0 Å². The number of amides is 2. The highest BCUT2D eigenvalue weighted by Gasteiger charge is 2.11. The number of furan rings is 1. The van der Waals surface area contributed by atoms with E-state index in [1.54, 1.807) is 12.3 Å². The summed E-state index contributed by atoms with van der Waals surface area (Å²) in [7, 11) is -0.944. The fraction of sp³-hybridized carbons (Fsp3) is 0.235. The maximum Gasteiger partial charge on any atom is 0.319 e. The minimum Gasteiger partial charge on any atom is -0.456 e. The summed E-state index contributed by atoms with van der Waals surface area (Å²) in [4.78, 5) is 12.0. The van der Waals surface area contributed by atoms with Gasteiger partial charge in [0.15, 0.2) is 0 Å². The van der Waals surface area contributed by atoms with Crippen molar-refractivity contribution < 1.29 is 13.4 Å². The second-order valence-electron chi connectivity index (χ2n) is 5.55. The topological polar surface area (TPSA) is 71.3 Å². The number of hydrogen-bond donors (Lipinski definition) is 2. The molecule has 0 fully saturated rings. The molecule has 0 saturated heterocycles. The van der Waals surface area contributed by atoms with Crippen LogP contribution in [0.15, 0.2) is 46.9 Å². The Balaban J connectivity index is 1.77. The minimum atomic E-state index is -0.944. The molecule has 6 heteroatoms. The number of carbonyl (C=O) groups excluding carboxylic acids is 1. The first-order valence-corrected chi connectivity index (χ1v) is 9.04. The van der Waals surface area contributed by atoms with Crippen LogP contribution >= 0.6 is 0 Å². The van der Waals surface area contributed by atoms with Crippen LogP contribution in [-0.2, 0) is 10.8 Å². The molecule has 23 heavy (non-hydrogen) atoms. The second kappa shape index (κ2) is 6.42. The molecule has 0 spiro atoms. The van der Waals surface area contributed by atoms with E-state index in [1.165, 1.54) is 0 Å². The normalized spacial score (nSPS) is 13.8. The van der Waals surface area contributed by atoms with E-state index in [-0.39, 0.29) is 12.1 Å². The number of hydrogen-bond acceptors (Lipinski definition) is 3. The van der Waals surface area contributed by atoms with Gasteiger partial charge in [0.1, 0.15) is 11.2 Å². The van der Waals surface area contributed by atoms with Crippen LogP contribution < -0.4 is 10.6 Å². The van der Waals surface area contributed by atoms with Crippen molar-refractivity contribution >= 4 is 44.5 Å². The Hall–Kier alpha value is -2.34. The van der Waals surface area contributed by atoms with E-state index in [2.05, 4.69) is 10.6 Å². The van der Waals surface area contributed by atoms with Crippen molar-refractivity contribution in [2.75, 3.05) is 17.3 Å². The van der Waals surface area contributed by atoms with Gasteiger partial charge in [0, 0.05) is 51.4 Å². The van der Waals surface area contributed by atoms with Crippen LogP contribution in [0.5, 0.6) is 0 Å². The summed E-state index contributed by atoms with van der Waals surface area (Å²) >= 11 is 0. The van der Waals surface area contributed by atoms with Gasteiger partial charge in [-0.3, -0.25) is 4.21 Å². The number of anilines is 1. The van der Waals surface area contributed by atoms with E-state index in [0.29, 0.717) is 11.4 Å². The lowest BCUT2D eigenvalue weighted by molar-refractivity contribution is 0.250. The van der Waals surface area contributed by atoms with Crippen molar-refractivity contribution in [2.24, 2.45) is 0 Å². The van der Waals surface area contributed by atoms with Gasteiger partial charge in [0.05, 0.1) is 0 Å². The SMILES string of the molecule is CC(CS(C)=O)NC(=O)Nc1ccc2c(c1)oc1ccccc12. The number of urea groups is 1. The van der Waals surface area contributed by atoms with Crippen LogP contribution in [0.25, 0.3) is 21.9 Å². The Labute approximate surface area is 136 Å². The smallest absolute Gasteiger partial charge is 0.319 e. The van der Waals surface area contributed by atoms with Gasteiger partial charge in [0.25, 0.3) is 0 Å². The molecule has 2 aromatic carbocycles. The molecular formula is C17H18N2O3S. The number of carbonyl (C=O) groups is 1. The Morgan fingerprint density at radius 2 is 1.91 bits per heavy atom. The van der Waals surface area contributed by atoms with Gasteiger partial charge in [-0.2, -0.15) is 0 Å². The summed E-state index contributed by atoms with van der Waals surface area (Å²) in [5.74, 6) is 0.427. The highest BCUT2D eigenvalue weighted by molar-refractivity contribution is 7.84. The summed E-state index contributed by atoms with van der Waals surface area (Å²) in [6.07, 6.45) is 1.62. The predicted molar refractivity (Wildman–Crippen MR) is 94.3 cm³/mol. The fourth-order valence-corrected chi connectivity index (χ4v) is 3.38. The minimum absolute atomic E-state index is 0.157. The lowest BCUT2D eigenvalue weighted by Crippen LogP contribution is -2.39. The van der Waals surface area contributed by atoms with Gasteiger partial charge in [-0.25, -0.2) is 4.79 Å². The summed E-state index contributed by atoms with van der Waals surface area (Å²) < 4.78 is 16.9. The number of nitrogens with one attached hydrogen (secondary N) is 2. The van der Waals surface area contributed by atoms with Gasteiger partial charge in [0.2, 0.25) is 0 Å². The summed E-state index contributed by atoms with van der Waals surface area (Å²) in [6.45, 7) is 1.82. The Morgan fingerprint density at radius 3 is 2.70 bits per heavy atom. The summed E-state index contributed by atoms with van der Waals surface area (Å²) in [6, 6.07) is 12.9. The average Bonchev–Trinajstić information content (AvgIpc) is 2.83. The van der Waals surface area contributed by atoms with Crippen LogP contribution in [0.1, 0.15) is 6.92 Å². The lowest BCUT2D eigenvalue weighted by atomic mass is 10.1. The van der Waals surface area contributed by atoms with Gasteiger partial charge < -0.3 is 15.1 Å². The van der Waals surface area contributed by atoms with Gasteiger partial charge in [-0.05, 0) is 25.1 Å². The highest BCUT2D eigenvalue weighted by Crippen LogP contribution is 2.30. The van der Waals surface area contributed by atoms with E-state index in [4.69, 9.17) is 4.42 Å². The zero-order chi connectivity index (χ0) is 16.4. The molecule has 0 aliphatic heterocycles. The van der Waals surface area contributed by atoms with Gasteiger partial charge in [-0.1, -0.05) is 18.2 Å². The summed E-state index contributed by atoms with van der Waals surface area (Å²) in [5, 5.41) is 7.60. The third kappa shape index (κ3) is 3.53. The van der Waals surface area contributed by atoms with Gasteiger partial charge in [-0.15, -0.1) is 0 Å². The van der Waals surface area contributed by atoms with Gasteiger partial charge >= 0.3 is 6.03 Å². The molecule has 5 nitrogen and oxygen atoms in total. The molecule has 0 radical (unpaired) electrons. The zero-order valence-electron chi connectivity index (χ0n) is 13.0. The van der Waals surface area contributed by atoms with E-state index >= 15 is 0 Å². The largest absolute Gasteiger partial charge is 0.456 e. The number of rotatable bonds is 4. The first kappa shape index (κ1) is 15.6. The first-order chi connectivity index (χ1) is 11.0. The van der Waals surface area contributed by atoms with Crippen LogP contribution in [0.2, 0.25) is 0 Å². The standard InChI is InChI=1S/C17H18N2O3S/c1-11(10-23(2)21)18-17(20)19-12-7-8-14-13-5-3-4-6-15(13)22-16(14)9-12/h3-9,11H,10H2,1-2H3,(H2,18,19,20). The van der Waals surface area contributed by atoms with Crippen molar-refractivity contribution in [1.82, 2.24) is 5.32 Å². The van der Waals surface area contributed by atoms with Crippen LogP contribution in [0.4, 0.5) is 10.5 Å². The molecule has 120 valence electrons. The van der Waals surface area contributed by atoms with Crippen LogP contribution in [0, 0.1) is 0 Å². The van der Waals surface area contributed by atoms with E-state index in [0.717, 1.165) is 21.9 Å². The number of fused-ring (bicyclic) bond motifs is 3. The molecule has 3 rings (SSSR count). The van der Waals surface area contributed by atoms with E-state index in [1.807, 2.05) is 43.3 Å². The lowest BCUT2D eigenvalue weighted by Gasteiger charge is -2.13. The van der Waals surface area contributed by atoms with Crippen LogP contribution in [0.3, 0.4) is 0 Å². The van der Waals surface area contributed by atoms with E-state index < -0.39 is 10.8 Å². The van der Waals surface area contributed by atoms with Crippen LogP contribution in [-0.4, -0.2) is 28.3 Å². The molecule has 2 N–H and O–H groups in total. The molecule has 2 amide bonds. The molecule has 0 bridgehead atoms. The molecule has 2 unspecified atom stereocenters. The third-order valence-corrected chi connectivity index (χ3v) is 4.47. The molecule has 2 atom stereocenters. The Morgan fingerprint density at radius 1 is 1.17 bits per heavy atom. The Kier molecular flexibility index (Phi) is 4.34. The van der Waals surface area contributed by atoms with Crippen molar-refractivity contribution in [3.05, 3.63) is 42.5 Å². The van der Waals surface area contributed by atoms with Crippen molar-refractivity contribution in [3.63, 3.8) is 0 Å². The molecule has 1 aromatic heterocycles. The molecule has 3 aromatic rings. The predicted octanol–water partition coefficient (Wildman–Crippen LogP) is 3.47. The highest BCUT2D eigenvalue weighted by atomic mass is 32.2. The molecule has 0 saturated carbocycles. The third-order valence-electron chi connectivity index (χ3n) is 3.50. The number of para-hydroxylation sites is 1. The molecule has 1 heterocycles. The van der Waals surface area contributed by atoms with Crippen molar-refractivity contribution in [2.45, 2.75) is 13.0 Å². The maximum atomic E-state index is 12.0.